The topological polar surface area (TPSA) is 93.1 Å². The summed E-state index contributed by atoms with van der Waals surface area (Å²) in [5.74, 6) is -0.684. The standard InChI is InChI=1S/C15H19FN4O3S/c1-3-14-13(15(21)17-8-9-19-24(2,22)23)10-18-20(14)12-6-4-11(16)5-7-12/h4-7,10,19H,3,8-9H2,1-2H3,(H,17,21). The van der Waals surface area contributed by atoms with E-state index >= 15 is 0 Å². The van der Waals surface area contributed by atoms with Crippen molar-refractivity contribution in [2.45, 2.75) is 13.3 Å². The smallest absolute Gasteiger partial charge is 0.254 e. The molecule has 0 atom stereocenters. The molecule has 0 aliphatic carbocycles. The number of nitrogens with zero attached hydrogens (tertiary/aromatic N) is 2. The third-order valence-electron chi connectivity index (χ3n) is 3.29. The number of aromatic nitrogens is 2. The van der Waals surface area contributed by atoms with Gasteiger partial charge >= 0.3 is 0 Å². The Hall–Kier alpha value is -2.26. The molecule has 130 valence electrons. The molecule has 1 aromatic heterocycles. The summed E-state index contributed by atoms with van der Waals surface area (Å²) in [6.07, 6.45) is 3.06. The first-order chi connectivity index (χ1) is 11.3. The van der Waals surface area contributed by atoms with Crippen molar-refractivity contribution >= 4 is 15.9 Å². The highest BCUT2D eigenvalue weighted by molar-refractivity contribution is 7.88. The van der Waals surface area contributed by atoms with Crippen LogP contribution in [0.25, 0.3) is 5.69 Å². The van der Waals surface area contributed by atoms with Crippen LogP contribution in [0.3, 0.4) is 0 Å². The van der Waals surface area contributed by atoms with E-state index in [1.807, 2.05) is 6.92 Å². The van der Waals surface area contributed by atoms with E-state index in [2.05, 4.69) is 15.1 Å². The van der Waals surface area contributed by atoms with E-state index < -0.39 is 10.0 Å². The summed E-state index contributed by atoms with van der Waals surface area (Å²) < 4.78 is 38.8. The Morgan fingerprint density at radius 2 is 1.92 bits per heavy atom. The molecule has 2 rings (SSSR count). The van der Waals surface area contributed by atoms with Crippen LogP contribution in [0.2, 0.25) is 0 Å². The van der Waals surface area contributed by atoms with E-state index in [-0.39, 0.29) is 24.8 Å². The van der Waals surface area contributed by atoms with Crippen LogP contribution in [0.1, 0.15) is 23.0 Å². The van der Waals surface area contributed by atoms with E-state index in [0.717, 1.165) is 6.26 Å². The third kappa shape index (κ3) is 4.62. The van der Waals surface area contributed by atoms with Gasteiger partial charge in [-0.15, -0.1) is 0 Å². The zero-order valence-electron chi connectivity index (χ0n) is 13.4. The van der Waals surface area contributed by atoms with Gasteiger partial charge in [-0.3, -0.25) is 4.79 Å². The molecule has 0 saturated carbocycles. The Morgan fingerprint density at radius 1 is 1.25 bits per heavy atom. The molecular formula is C15H19FN4O3S. The van der Waals surface area contributed by atoms with Gasteiger partial charge in [-0.05, 0) is 30.7 Å². The van der Waals surface area contributed by atoms with Crippen LogP contribution in [0.4, 0.5) is 4.39 Å². The average molecular weight is 354 g/mol. The summed E-state index contributed by atoms with van der Waals surface area (Å²) in [5.41, 5.74) is 1.75. The van der Waals surface area contributed by atoms with Gasteiger partial charge in [0.25, 0.3) is 5.91 Å². The summed E-state index contributed by atoms with van der Waals surface area (Å²) in [6.45, 7) is 2.16. The molecule has 2 aromatic rings. The maximum atomic E-state index is 13.0. The van der Waals surface area contributed by atoms with Gasteiger partial charge in [0, 0.05) is 13.1 Å². The first kappa shape index (κ1) is 18.1. The van der Waals surface area contributed by atoms with Crippen LogP contribution < -0.4 is 10.0 Å². The van der Waals surface area contributed by atoms with E-state index in [1.54, 1.807) is 16.8 Å². The number of carbonyl (C=O) groups is 1. The lowest BCUT2D eigenvalue weighted by Gasteiger charge is -2.09. The number of sulfonamides is 1. The fourth-order valence-corrected chi connectivity index (χ4v) is 2.69. The Balaban J connectivity index is 2.10. The van der Waals surface area contributed by atoms with Crippen molar-refractivity contribution in [3.8, 4) is 5.69 Å². The molecule has 0 spiro atoms. The van der Waals surface area contributed by atoms with Crippen LogP contribution in [0.15, 0.2) is 30.5 Å². The Kier molecular flexibility index (Phi) is 5.68. The molecule has 0 aliphatic heterocycles. The Bertz CT molecular complexity index is 816. The van der Waals surface area contributed by atoms with Gasteiger partial charge in [0.05, 0.1) is 29.4 Å². The predicted octanol–water partition coefficient (Wildman–Crippen LogP) is 0.853. The maximum Gasteiger partial charge on any atom is 0.254 e. The maximum absolute atomic E-state index is 13.0. The normalized spacial score (nSPS) is 11.5. The molecule has 0 unspecified atom stereocenters. The second-order valence-electron chi connectivity index (χ2n) is 5.17. The highest BCUT2D eigenvalue weighted by Gasteiger charge is 2.17. The highest BCUT2D eigenvalue weighted by atomic mass is 32.2. The van der Waals surface area contributed by atoms with Crippen molar-refractivity contribution in [2.75, 3.05) is 19.3 Å². The van der Waals surface area contributed by atoms with Gasteiger partial charge in [-0.1, -0.05) is 6.92 Å². The lowest BCUT2D eigenvalue weighted by molar-refractivity contribution is 0.0953. The molecule has 0 fully saturated rings. The lowest BCUT2D eigenvalue weighted by Crippen LogP contribution is -2.34. The largest absolute Gasteiger partial charge is 0.351 e. The molecule has 24 heavy (non-hydrogen) atoms. The molecule has 2 N–H and O–H groups in total. The molecule has 0 saturated heterocycles. The number of nitrogens with one attached hydrogen (secondary N) is 2. The first-order valence-electron chi connectivity index (χ1n) is 7.37. The van der Waals surface area contributed by atoms with Crippen LogP contribution >= 0.6 is 0 Å². The lowest BCUT2D eigenvalue weighted by atomic mass is 10.2. The van der Waals surface area contributed by atoms with E-state index in [0.29, 0.717) is 23.4 Å². The molecular weight excluding hydrogens is 335 g/mol. The molecule has 1 aromatic carbocycles. The van der Waals surface area contributed by atoms with Gasteiger partial charge < -0.3 is 5.32 Å². The second-order valence-corrected chi connectivity index (χ2v) is 7.00. The van der Waals surface area contributed by atoms with Crippen molar-refractivity contribution in [1.29, 1.82) is 0 Å². The summed E-state index contributed by atoms with van der Waals surface area (Å²) in [5, 5.41) is 6.84. The summed E-state index contributed by atoms with van der Waals surface area (Å²) in [6, 6.07) is 5.82. The van der Waals surface area contributed by atoms with Crippen LogP contribution in [-0.2, 0) is 16.4 Å². The quantitative estimate of drug-likeness (QED) is 0.721. The van der Waals surface area contributed by atoms with Crippen molar-refractivity contribution in [2.24, 2.45) is 0 Å². The van der Waals surface area contributed by atoms with Crippen molar-refractivity contribution in [1.82, 2.24) is 19.8 Å². The number of rotatable bonds is 7. The number of amides is 1. The number of benzene rings is 1. The van der Waals surface area contributed by atoms with Gasteiger partial charge in [-0.2, -0.15) is 5.10 Å². The number of hydrogen-bond donors (Lipinski definition) is 2. The Morgan fingerprint density at radius 3 is 2.50 bits per heavy atom. The van der Waals surface area contributed by atoms with Gasteiger partial charge in [0.2, 0.25) is 10.0 Å². The first-order valence-corrected chi connectivity index (χ1v) is 9.26. The summed E-state index contributed by atoms with van der Waals surface area (Å²) in [7, 11) is -3.28. The van der Waals surface area contributed by atoms with Crippen LogP contribution in [0.5, 0.6) is 0 Å². The molecule has 7 nitrogen and oxygen atoms in total. The summed E-state index contributed by atoms with van der Waals surface area (Å²) in [4.78, 5) is 12.2. The third-order valence-corrected chi connectivity index (χ3v) is 4.02. The minimum absolute atomic E-state index is 0.109. The van der Waals surface area contributed by atoms with E-state index in [4.69, 9.17) is 0 Å². The number of carbonyl (C=O) groups excluding carboxylic acids is 1. The fourth-order valence-electron chi connectivity index (χ4n) is 2.22. The molecule has 0 bridgehead atoms. The second kappa shape index (κ2) is 7.54. The zero-order chi connectivity index (χ0) is 17.7. The van der Waals surface area contributed by atoms with Gasteiger partial charge in [0.15, 0.2) is 0 Å². The van der Waals surface area contributed by atoms with Crippen LogP contribution in [-0.4, -0.2) is 43.5 Å². The number of hydrogen-bond acceptors (Lipinski definition) is 4. The van der Waals surface area contributed by atoms with Crippen molar-refractivity contribution in [3.63, 3.8) is 0 Å². The predicted molar refractivity (Wildman–Crippen MR) is 88.1 cm³/mol. The molecule has 9 heteroatoms. The van der Waals surface area contributed by atoms with Crippen LogP contribution in [0, 0.1) is 5.82 Å². The monoisotopic (exact) mass is 354 g/mol. The van der Waals surface area contributed by atoms with E-state index in [9.17, 15) is 17.6 Å². The molecule has 1 amide bonds. The minimum atomic E-state index is -3.28. The summed E-state index contributed by atoms with van der Waals surface area (Å²) >= 11 is 0. The average Bonchev–Trinajstić information content (AvgIpc) is 2.95. The minimum Gasteiger partial charge on any atom is -0.351 e. The SMILES string of the molecule is CCc1c(C(=O)NCCNS(C)(=O)=O)cnn1-c1ccc(F)cc1. The van der Waals surface area contributed by atoms with Crippen molar-refractivity contribution in [3.05, 3.63) is 47.5 Å². The molecule has 1 heterocycles. The van der Waals surface area contributed by atoms with E-state index in [1.165, 1.54) is 18.3 Å². The zero-order valence-corrected chi connectivity index (χ0v) is 14.2. The highest BCUT2D eigenvalue weighted by Crippen LogP contribution is 2.16. The van der Waals surface area contributed by atoms with Gasteiger partial charge in [0.1, 0.15) is 5.82 Å². The fraction of sp³-hybridized carbons (Fsp3) is 0.333. The Labute approximate surface area is 139 Å². The number of halogens is 1. The molecule has 0 aliphatic rings. The van der Waals surface area contributed by atoms with Gasteiger partial charge in [-0.25, -0.2) is 22.2 Å². The van der Waals surface area contributed by atoms with Crippen molar-refractivity contribution < 1.29 is 17.6 Å². The molecule has 0 radical (unpaired) electrons.